The summed E-state index contributed by atoms with van der Waals surface area (Å²) in [7, 11) is -3.67. The number of anilines is 1. The molecule has 1 atom stereocenters. The Kier molecular flexibility index (Phi) is 6.80. The SMILES string of the molecule is CC(C)NS(=O)(=O)c1ccc(NC(=O)[C@H](C)Sc2nnc(C(F)(F)F)n2N)cc1. The highest BCUT2D eigenvalue weighted by Gasteiger charge is 2.38. The molecule has 0 radical (unpaired) electrons. The van der Waals surface area contributed by atoms with Gasteiger partial charge in [0.1, 0.15) is 0 Å². The summed E-state index contributed by atoms with van der Waals surface area (Å²) in [5.41, 5.74) is 0.316. The number of nitrogens with two attached hydrogens (primary N) is 1. The molecule has 0 fully saturated rings. The second-order valence-corrected chi connectivity index (χ2v) is 9.25. The minimum atomic E-state index is -4.77. The summed E-state index contributed by atoms with van der Waals surface area (Å²) >= 11 is 0.695. The number of amides is 1. The summed E-state index contributed by atoms with van der Waals surface area (Å²) in [6, 6.07) is 5.17. The lowest BCUT2D eigenvalue weighted by Crippen LogP contribution is -2.30. The van der Waals surface area contributed by atoms with Gasteiger partial charge in [-0.25, -0.2) is 17.8 Å². The molecule has 1 aromatic heterocycles. The monoisotopic (exact) mass is 452 g/mol. The molecule has 0 aliphatic rings. The lowest BCUT2D eigenvalue weighted by atomic mass is 10.3. The maximum Gasteiger partial charge on any atom is 0.453 e. The molecule has 1 aromatic carbocycles. The van der Waals surface area contributed by atoms with Crippen molar-refractivity contribution in [2.75, 3.05) is 11.2 Å². The predicted octanol–water partition coefficient (Wildman–Crippen LogP) is 1.82. The van der Waals surface area contributed by atoms with Crippen LogP contribution in [0.25, 0.3) is 0 Å². The Morgan fingerprint density at radius 1 is 1.17 bits per heavy atom. The van der Waals surface area contributed by atoms with Gasteiger partial charge < -0.3 is 11.2 Å². The second-order valence-electron chi connectivity index (χ2n) is 6.22. The lowest BCUT2D eigenvalue weighted by molar-refractivity contribution is -0.146. The summed E-state index contributed by atoms with van der Waals surface area (Å²) in [5.74, 6) is 3.42. The molecule has 4 N–H and O–H groups in total. The van der Waals surface area contributed by atoms with Gasteiger partial charge in [-0.1, -0.05) is 11.8 Å². The number of rotatable bonds is 7. The van der Waals surface area contributed by atoms with Gasteiger partial charge in [0.15, 0.2) is 0 Å². The van der Waals surface area contributed by atoms with Crippen molar-refractivity contribution in [2.45, 2.75) is 48.3 Å². The van der Waals surface area contributed by atoms with Gasteiger partial charge in [-0.05, 0) is 45.0 Å². The molecular formula is C15H19F3N6O3S2. The zero-order chi connectivity index (χ0) is 22.0. The van der Waals surface area contributed by atoms with Crippen molar-refractivity contribution in [3.05, 3.63) is 30.1 Å². The standard InChI is InChI=1S/C15H19F3N6O3S2/c1-8(2)23-29(26,27)11-6-4-10(5-7-11)20-12(25)9(3)28-14-22-21-13(24(14)19)15(16,17)18/h4-9,23H,19H2,1-3H3,(H,20,25)/t9-/m0/s1. The molecule has 0 aliphatic carbocycles. The Bertz CT molecular complexity index is 974. The lowest BCUT2D eigenvalue weighted by Gasteiger charge is -2.13. The average molecular weight is 452 g/mol. The fraction of sp³-hybridized carbons (Fsp3) is 0.400. The van der Waals surface area contributed by atoms with E-state index in [1.54, 1.807) is 13.8 Å². The van der Waals surface area contributed by atoms with Crippen LogP contribution < -0.4 is 15.9 Å². The van der Waals surface area contributed by atoms with E-state index in [0.29, 0.717) is 17.4 Å². The van der Waals surface area contributed by atoms with Gasteiger partial charge in [0.2, 0.25) is 21.1 Å². The summed E-state index contributed by atoms with van der Waals surface area (Å²) < 4.78 is 65.0. The van der Waals surface area contributed by atoms with E-state index in [9.17, 15) is 26.4 Å². The van der Waals surface area contributed by atoms with Gasteiger partial charge in [0.05, 0.1) is 10.1 Å². The third-order valence-corrected chi connectivity index (χ3v) is 6.12. The number of halogens is 3. The fourth-order valence-electron chi connectivity index (χ4n) is 2.10. The summed E-state index contributed by atoms with van der Waals surface area (Å²) in [4.78, 5) is 12.3. The fourth-order valence-corrected chi connectivity index (χ4v) is 4.12. The number of aromatic nitrogens is 3. The number of nitrogens with zero attached hydrogens (tertiary/aromatic N) is 3. The highest BCUT2D eigenvalue weighted by Crippen LogP contribution is 2.30. The van der Waals surface area contributed by atoms with Gasteiger partial charge in [0.25, 0.3) is 5.82 Å². The maximum absolute atomic E-state index is 12.7. The molecule has 160 valence electrons. The number of hydrogen-bond donors (Lipinski definition) is 3. The van der Waals surface area contributed by atoms with Crippen LogP contribution in [0.2, 0.25) is 0 Å². The number of sulfonamides is 1. The summed E-state index contributed by atoms with van der Waals surface area (Å²) in [6.45, 7) is 4.82. The van der Waals surface area contributed by atoms with E-state index < -0.39 is 33.2 Å². The highest BCUT2D eigenvalue weighted by molar-refractivity contribution is 8.00. The molecule has 0 spiro atoms. The van der Waals surface area contributed by atoms with Gasteiger partial charge in [-0.15, -0.1) is 10.2 Å². The first-order chi connectivity index (χ1) is 13.3. The number of thioether (sulfide) groups is 1. The molecule has 9 nitrogen and oxygen atoms in total. The molecule has 2 aromatic rings. The van der Waals surface area contributed by atoms with Gasteiger partial charge >= 0.3 is 6.18 Å². The van der Waals surface area contributed by atoms with Gasteiger partial charge in [-0.2, -0.15) is 13.2 Å². The third kappa shape index (κ3) is 5.83. The molecule has 0 bridgehead atoms. The topological polar surface area (TPSA) is 132 Å². The first-order valence-corrected chi connectivity index (χ1v) is 10.5. The number of nitrogens with one attached hydrogen (secondary N) is 2. The van der Waals surface area contributed by atoms with Crippen molar-refractivity contribution in [3.8, 4) is 0 Å². The van der Waals surface area contributed by atoms with E-state index >= 15 is 0 Å². The first-order valence-electron chi connectivity index (χ1n) is 8.19. The average Bonchev–Trinajstić information content (AvgIpc) is 2.95. The zero-order valence-corrected chi connectivity index (χ0v) is 17.2. The highest BCUT2D eigenvalue weighted by atomic mass is 32.2. The molecule has 1 heterocycles. The van der Waals surface area contributed by atoms with Crippen LogP contribution in [-0.4, -0.2) is 40.5 Å². The van der Waals surface area contributed by atoms with E-state index in [0.717, 1.165) is 0 Å². The molecule has 14 heteroatoms. The normalized spacial score (nSPS) is 13.5. The Hall–Kier alpha value is -2.32. The largest absolute Gasteiger partial charge is 0.453 e. The number of alkyl halides is 3. The number of nitrogen functional groups attached to an aromatic ring is 1. The second kappa shape index (κ2) is 8.59. The number of carbonyl (C=O) groups excluding carboxylic acids is 1. The minimum Gasteiger partial charge on any atom is -0.335 e. The Balaban J connectivity index is 2.04. The van der Waals surface area contributed by atoms with E-state index in [4.69, 9.17) is 5.84 Å². The minimum absolute atomic E-state index is 0.0301. The van der Waals surface area contributed by atoms with Crippen molar-refractivity contribution in [2.24, 2.45) is 0 Å². The van der Waals surface area contributed by atoms with Crippen molar-refractivity contribution in [1.82, 2.24) is 19.6 Å². The Labute approximate surface area is 169 Å². The van der Waals surface area contributed by atoms with Crippen LogP contribution in [0.1, 0.15) is 26.6 Å². The number of hydrogen-bond acceptors (Lipinski definition) is 7. The molecule has 0 aliphatic heterocycles. The number of carbonyl (C=O) groups is 1. The summed E-state index contributed by atoms with van der Waals surface area (Å²) in [5, 5.41) is 7.75. The van der Waals surface area contributed by atoms with E-state index in [1.807, 2.05) is 0 Å². The van der Waals surface area contributed by atoms with Crippen molar-refractivity contribution < 1.29 is 26.4 Å². The molecule has 1 amide bonds. The van der Waals surface area contributed by atoms with Crippen molar-refractivity contribution in [3.63, 3.8) is 0 Å². The Morgan fingerprint density at radius 2 is 1.76 bits per heavy atom. The van der Waals surface area contributed by atoms with Crippen LogP contribution in [0.3, 0.4) is 0 Å². The van der Waals surface area contributed by atoms with Gasteiger partial charge in [0, 0.05) is 11.7 Å². The van der Waals surface area contributed by atoms with Crippen LogP contribution in [0.15, 0.2) is 34.3 Å². The van der Waals surface area contributed by atoms with Crippen LogP contribution in [0.4, 0.5) is 18.9 Å². The van der Waals surface area contributed by atoms with Crippen molar-refractivity contribution >= 4 is 33.4 Å². The predicted molar refractivity (Wildman–Crippen MR) is 101 cm³/mol. The molecule has 0 saturated carbocycles. The number of benzene rings is 1. The third-order valence-electron chi connectivity index (χ3n) is 3.39. The van der Waals surface area contributed by atoms with E-state index in [-0.39, 0.29) is 20.8 Å². The molecule has 29 heavy (non-hydrogen) atoms. The molecule has 0 unspecified atom stereocenters. The first kappa shape index (κ1) is 23.0. The molecule has 0 saturated heterocycles. The van der Waals surface area contributed by atoms with Crippen LogP contribution in [0.5, 0.6) is 0 Å². The summed E-state index contributed by atoms with van der Waals surface area (Å²) in [6.07, 6.45) is -4.77. The molecule has 2 rings (SSSR count). The van der Waals surface area contributed by atoms with E-state index in [2.05, 4.69) is 20.2 Å². The van der Waals surface area contributed by atoms with Crippen LogP contribution >= 0.6 is 11.8 Å². The zero-order valence-electron chi connectivity index (χ0n) is 15.6. The maximum atomic E-state index is 12.7. The van der Waals surface area contributed by atoms with E-state index in [1.165, 1.54) is 31.2 Å². The quantitative estimate of drug-likeness (QED) is 0.431. The van der Waals surface area contributed by atoms with Crippen LogP contribution in [0, 0.1) is 0 Å². The molecular weight excluding hydrogens is 433 g/mol. The van der Waals surface area contributed by atoms with Gasteiger partial charge in [-0.3, -0.25) is 4.79 Å². The van der Waals surface area contributed by atoms with Crippen LogP contribution in [-0.2, 0) is 21.0 Å². The Morgan fingerprint density at radius 3 is 2.24 bits per heavy atom. The van der Waals surface area contributed by atoms with Crippen molar-refractivity contribution in [1.29, 1.82) is 0 Å². The smallest absolute Gasteiger partial charge is 0.335 e.